The molecule has 1 unspecified atom stereocenters. The number of nitrogens with one attached hydrogen (secondary N) is 3. The molecule has 3 N–H and O–H groups in total. The standard InChI is InChI=1S/C47H54N8O4/c1-5-23-53(44(56)29-50-47(58)59-4)30-42-49-28-41(52-42)38-20-19-36-25-35(17-18-37(36)26-38)32-13-15-33(16-14-32)40-27-48-43(51-40)31-54(24-6-2)46(57)45(34-11-9-8-10-12-34)55(7-3)39-21-22-39/h8-20,25-28,39,45H,5-7,21-24,29-31H2,1-4H3,(H,48,51)(H,49,52)(H,50,58). The number of H-pyrrole nitrogens is 2. The number of rotatable bonds is 18. The van der Waals surface area contributed by atoms with Crippen molar-refractivity contribution in [2.45, 2.75) is 71.6 Å². The average molecular weight is 795 g/mol. The molecule has 0 aliphatic heterocycles. The molecule has 0 saturated heterocycles. The highest BCUT2D eigenvalue weighted by molar-refractivity contribution is 5.90. The summed E-state index contributed by atoms with van der Waals surface area (Å²) < 4.78 is 4.58. The van der Waals surface area contributed by atoms with Gasteiger partial charge in [0.2, 0.25) is 11.8 Å². The normalized spacial score (nSPS) is 13.0. The highest BCUT2D eigenvalue weighted by atomic mass is 16.5. The maximum atomic E-state index is 14.3. The SMILES string of the molecule is CCCN(Cc1ncc(-c2ccc3cc(-c4ccc(-c5cnc(CN(CCC)C(=O)C(c6ccccc6)N(CC)C6CC6)[nH]5)cc4)ccc3c2)[nH]1)C(=O)CNC(=O)OC. The third-order valence-corrected chi connectivity index (χ3v) is 10.9. The van der Waals surface area contributed by atoms with Gasteiger partial charge in [-0.2, -0.15) is 0 Å². The Kier molecular flexibility index (Phi) is 13.2. The van der Waals surface area contributed by atoms with Crippen LogP contribution in [0.1, 0.15) is 69.7 Å². The first-order chi connectivity index (χ1) is 28.8. The Balaban J connectivity index is 1.01. The van der Waals surface area contributed by atoms with Crippen LogP contribution in [-0.2, 0) is 27.4 Å². The van der Waals surface area contributed by atoms with E-state index < -0.39 is 6.09 Å². The lowest BCUT2D eigenvalue weighted by Crippen LogP contribution is -2.44. The zero-order valence-electron chi connectivity index (χ0n) is 34.4. The van der Waals surface area contributed by atoms with Gasteiger partial charge in [-0.25, -0.2) is 14.8 Å². The lowest BCUT2D eigenvalue weighted by molar-refractivity contribution is -0.138. The molecule has 7 rings (SSSR count). The predicted molar refractivity (Wildman–Crippen MR) is 231 cm³/mol. The topological polar surface area (TPSA) is 140 Å². The van der Waals surface area contributed by atoms with Crippen LogP contribution in [0.2, 0.25) is 0 Å². The molecule has 1 aliphatic carbocycles. The molecule has 6 aromatic rings. The minimum absolute atomic E-state index is 0.128. The summed E-state index contributed by atoms with van der Waals surface area (Å²) in [4.78, 5) is 60.7. The highest BCUT2D eigenvalue weighted by Crippen LogP contribution is 2.36. The number of aromatic nitrogens is 4. The number of carbonyl (C=O) groups is 3. The number of carbonyl (C=O) groups excluding carboxylic acids is 3. The summed E-state index contributed by atoms with van der Waals surface area (Å²) in [5, 5.41) is 4.67. The first kappa shape index (κ1) is 40.9. The fourth-order valence-electron chi connectivity index (χ4n) is 7.75. The van der Waals surface area contributed by atoms with Gasteiger partial charge in [0.05, 0.1) is 44.0 Å². The summed E-state index contributed by atoms with van der Waals surface area (Å²) >= 11 is 0. The number of fused-ring (bicyclic) bond motifs is 1. The molecule has 306 valence electrons. The van der Waals surface area contributed by atoms with E-state index in [-0.39, 0.29) is 24.4 Å². The lowest BCUT2D eigenvalue weighted by atomic mass is 9.98. The smallest absolute Gasteiger partial charge is 0.407 e. The number of nitrogens with zero attached hydrogens (tertiary/aromatic N) is 5. The minimum atomic E-state index is -0.641. The van der Waals surface area contributed by atoms with Crippen molar-refractivity contribution < 1.29 is 19.1 Å². The molecule has 4 aromatic carbocycles. The Labute approximate surface area is 346 Å². The highest BCUT2D eigenvalue weighted by Gasteiger charge is 2.39. The number of amides is 3. The summed E-state index contributed by atoms with van der Waals surface area (Å²) in [5.41, 5.74) is 7.05. The van der Waals surface area contributed by atoms with Gasteiger partial charge in [0.1, 0.15) is 24.2 Å². The van der Waals surface area contributed by atoms with E-state index in [0.29, 0.717) is 38.0 Å². The van der Waals surface area contributed by atoms with E-state index in [4.69, 9.17) is 4.98 Å². The molecular formula is C47H54N8O4. The van der Waals surface area contributed by atoms with E-state index in [1.807, 2.05) is 36.2 Å². The number of hydrogen-bond donors (Lipinski definition) is 3. The predicted octanol–water partition coefficient (Wildman–Crippen LogP) is 8.35. The quantitative estimate of drug-likeness (QED) is 0.0795. The Hall–Kier alpha value is -6.27. The fraction of sp³-hybridized carbons (Fsp3) is 0.340. The lowest BCUT2D eigenvalue weighted by Gasteiger charge is -2.34. The minimum Gasteiger partial charge on any atom is -0.453 e. The molecule has 3 amide bonds. The maximum Gasteiger partial charge on any atom is 0.407 e. The van der Waals surface area contributed by atoms with Crippen LogP contribution in [0.5, 0.6) is 0 Å². The average Bonchev–Trinajstić information content (AvgIpc) is 3.81. The second-order valence-corrected chi connectivity index (χ2v) is 15.1. The molecule has 2 heterocycles. The third kappa shape index (κ3) is 9.89. The molecule has 0 spiro atoms. The number of hydrogen-bond acceptors (Lipinski definition) is 7. The Morgan fingerprint density at radius 2 is 1.29 bits per heavy atom. The number of alkyl carbamates (subject to hydrolysis) is 1. The molecule has 59 heavy (non-hydrogen) atoms. The van der Waals surface area contributed by atoms with E-state index in [9.17, 15) is 14.4 Å². The van der Waals surface area contributed by atoms with E-state index in [1.54, 1.807) is 11.1 Å². The maximum absolute atomic E-state index is 14.3. The van der Waals surface area contributed by atoms with Gasteiger partial charge in [-0.05, 0) is 77.4 Å². The molecule has 1 atom stereocenters. The molecule has 1 fully saturated rings. The zero-order chi connectivity index (χ0) is 41.3. The van der Waals surface area contributed by atoms with Crippen molar-refractivity contribution in [3.63, 3.8) is 0 Å². The molecule has 2 aromatic heterocycles. The van der Waals surface area contributed by atoms with Gasteiger partial charge in [-0.1, -0.05) is 99.6 Å². The molecule has 12 heteroatoms. The van der Waals surface area contributed by atoms with Crippen molar-refractivity contribution >= 4 is 28.7 Å². The van der Waals surface area contributed by atoms with Crippen LogP contribution in [0.25, 0.3) is 44.4 Å². The van der Waals surface area contributed by atoms with Crippen LogP contribution in [-0.4, -0.2) is 91.9 Å². The van der Waals surface area contributed by atoms with Gasteiger partial charge in [-0.3, -0.25) is 14.5 Å². The summed E-state index contributed by atoms with van der Waals surface area (Å²) in [6, 6.07) is 31.6. The van der Waals surface area contributed by atoms with E-state index in [0.717, 1.165) is 88.0 Å². The second-order valence-electron chi connectivity index (χ2n) is 15.1. The fourth-order valence-corrected chi connectivity index (χ4v) is 7.75. The van der Waals surface area contributed by atoms with Crippen molar-refractivity contribution in [3.8, 4) is 33.6 Å². The number of methoxy groups -OCH3 is 1. The van der Waals surface area contributed by atoms with Crippen LogP contribution >= 0.6 is 0 Å². The number of likely N-dealkylation sites (N-methyl/N-ethyl adjacent to an activating group) is 1. The Morgan fingerprint density at radius 3 is 1.90 bits per heavy atom. The molecule has 0 bridgehead atoms. The van der Waals surface area contributed by atoms with Crippen molar-refractivity contribution in [2.75, 3.05) is 33.3 Å². The first-order valence-electron chi connectivity index (χ1n) is 20.7. The Morgan fingerprint density at radius 1 is 0.729 bits per heavy atom. The van der Waals surface area contributed by atoms with Gasteiger partial charge in [0, 0.05) is 24.7 Å². The van der Waals surface area contributed by atoms with Crippen LogP contribution in [0.4, 0.5) is 4.79 Å². The molecular weight excluding hydrogens is 741 g/mol. The van der Waals surface area contributed by atoms with Crippen molar-refractivity contribution in [1.82, 2.24) is 40.0 Å². The van der Waals surface area contributed by atoms with Crippen molar-refractivity contribution in [3.05, 3.63) is 121 Å². The number of ether oxygens (including phenoxy) is 1. The third-order valence-electron chi connectivity index (χ3n) is 10.9. The number of aromatic amines is 2. The summed E-state index contributed by atoms with van der Waals surface area (Å²) in [6.45, 7) is 8.88. The van der Waals surface area contributed by atoms with Gasteiger partial charge in [-0.15, -0.1) is 0 Å². The van der Waals surface area contributed by atoms with Crippen LogP contribution in [0.15, 0.2) is 103 Å². The van der Waals surface area contributed by atoms with Crippen molar-refractivity contribution in [1.29, 1.82) is 0 Å². The second kappa shape index (κ2) is 19.0. The van der Waals surface area contributed by atoms with E-state index >= 15 is 0 Å². The Bertz CT molecular complexity index is 2350. The number of benzene rings is 4. The van der Waals surface area contributed by atoms with Crippen LogP contribution in [0.3, 0.4) is 0 Å². The van der Waals surface area contributed by atoms with E-state index in [1.165, 1.54) is 7.11 Å². The van der Waals surface area contributed by atoms with Gasteiger partial charge >= 0.3 is 6.09 Å². The largest absolute Gasteiger partial charge is 0.453 e. The summed E-state index contributed by atoms with van der Waals surface area (Å²) in [7, 11) is 1.27. The van der Waals surface area contributed by atoms with Gasteiger partial charge in [0.25, 0.3) is 0 Å². The van der Waals surface area contributed by atoms with Gasteiger partial charge < -0.3 is 29.8 Å². The zero-order valence-corrected chi connectivity index (χ0v) is 34.4. The first-order valence-corrected chi connectivity index (χ1v) is 20.7. The van der Waals surface area contributed by atoms with Crippen LogP contribution in [0, 0.1) is 0 Å². The monoisotopic (exact) mass is 794 g/mol. The summed E-state index contributed by atoms with van der Waals surface area (Å²) in [5.74, 6) is 1.36. The van der Waals surface area contributed by atoms with Crippen molar-refractivity contribution in [2.24, 2.45) is 0 Å². The number of imidazole rings is 2. The van der Waals surface area contributed by atoms with Gasteiger partial charge in [0.15, 0.2) is 0 Å². The molecule has 0 radical (unpaired) electrons. The molecule has 1 saturated carbocycles. The van der Waals surface area contributed by atoms with E-state index in [2.05, 4.69) is 117 Å². The van der Waals surface area contributed by atoms with Crippen LogP contribution < -0.4 is 5.32 Å². The molecule has 1 aliphatic rings. The molecule has 12 nitrogen and oxygen atoms in total. The summed E-state index contributed by atoms with van der Waals surface area (Å²) in [6.07, 6.45) is 6.92.